The van der Waals surface area contributed by atoms with Crippen LogP contribution in [0.5, 0.6) is 0 Å². The summed E-state index contributed by atoms with van der Waals surface area (Å²) in [6.45, 7) is 4.11. The lowest BCUT2D eigenvalue weighted by Crippen LogP contribution is -2.18. The van der Waals surface area contributed by atoms with Crippen molar-refractivity contribution in [2.75, 3.05) is 13.2 Å². The van der Waals surface area contributed by atoms with Crippen molar-refractivity contribution < 1.29 is 4.74 Å². The second-order valence-corrected chi connectivity index (χ2v) is 6.23. The summed E-state index contributed by atoms with van der Waals surface area (Å²) in [6, 6.07) is 10.3. The largest absolute Gasteiger partial charge is 0.381 e. The first kappa shape index (κ1) is 16.0. The molecular weight excluding hydrogens is 258 g/mol. The van der Waals surface area contributed by atoms with Gasteiger partial charge >= 0.3 is 0 Å². The normalized spacial score (nSPS) is 21.9. The Morgan fingerprint density at radius 2 is 1.81 bits per heavy atom. The Balaban J connectivity index is 1.69. The zero-order valence-electron chi connectivity index (χ0n) is 13.2. The van der Waals surface area contributed by atoms with Crippen molar-refractivity contribution >= 4 is 0 Å². The molecule has 21 heavy (non-hydrogen) atoms. The number of unbranched alkanes of at least 4 members (excludes halogenated alkanes) is 2. The maximum absolute atomic E-state index is 8.85. The smallest absolute Gasteiger partial charge is 0.0991 e. The van der Waals surface area contributed by atoms with Gasteiger partial charge in [-0.1, -0.05) is 31.9 Å². The summed E-state index contributed by atoms with van der Waals surface area (Å²) in [4.78, 5) is 0. The highest BCUT2D eigenvalue weighted by Gasteiger charge is 2.22. The van der Waals surface area contributed by atoms with Crippen molar-refractivity contribution in [2.45, 2.75) is 57.8 Å². The predicted octanol–water partition coefficient (Wildman–Crippen LogP) is 5.04. The molecular formula is C19H27NO. The van der Waals surface area contributed by atoms with E-state index >= 15 is 0 Å². The number of ether oxygens (including phenoxy) is 1. The van der Waals surface area contributed by atoms with E-state index in [1.54, 1.807) is 0 Å². The van der Waals surface area contributed by atoms with E-state index in [1.807, 2.05) is 12.1 Å². The molecule has 1 aliphatic rings. The van der Waals surface area contributed by atoms with Crippen LogP contribution in [-0.4, -0.2) is 13.2 Å². The van der Waals surface area contributed by atoms with Gasteiger partial charge in [-0.2, -0.15) is 5.26 Å². The first-order valence-electron chi connectivity index (χ1n) is 8.41. The van der Waals surface area contributed by atoms with Gasteiger partial charge in [0.15, 0.2) is 0 Å². The van der Waals surface area contributed by atoms with Gasteiger partial charge in [-0.25, -0.2) is 0 Å². The Labute approximate surface area is 129 Å². The van der Waals surface area contributed by atoms with Crippen molar-refractivity contribution in [3.63, 3.8) is 0 Å². The topological polar surface area (TPSA) is 33.0 Å². The highest BCUT2D eigenvalue weighted by molar-refractivity contribution is 5.33. The Hall–Kier alpha value is -1.33. The molecule has 0 amide bonds. The van der Waals surface area contributed by atoms with Gasteiger partial charge in [-0.3, -0.25) is 0 Å². The number of hydrogen-bond donors (Lipinski definition) is 0. The molecule has 1 aromatic carbocycles. The Bertz CT molecular complexity index is 438. The molecule has 0 atom stereocenters. The summed E-state index contributed by atoms with van der Waals surface area (Å²) in [5.74, 6) is 1.43. The molecule has 1 fully saturated rings. The van der Waals surface area contributed by atoms with Crippen LogP contribution in [0, 0.1) is 17.2 Å². The summed E-state index contributed by atoms with van der Waals surface area (Å²) in [7, 11) is 0. The number of rotatable bonds is 7. The predicted molar refractivity (Wildman–Crippen MR) is 86.2 cm³/mol. The van der Waals surface area contributed by atoms with Crippen molar-refractivity contribution in [3.05, 3.63) is 35.4 Å². The molecule has 0 N–H and O–H groups in total. The highest BCUT2D eigenvalue weighted by Crippen LogP contribution is 2.35. The molecule has 0 radical (unpaired) electrons. The van der Waals surface area contributed by atoms with E-state index < -0.39 is 0 Å². The van der Waals surface area contributed by atoms with Crippen molar-refractivity contribution in [1.29, 1.82) is 5.26 Å². The van der Waals surface area contributed by atoms with Crippen LogP contribution < -0.4 is 0 Å². The second-order valence-electron chi connectivity index (χ2n) is 6.23. The SMILES string of the molecule is CCCCCOCC1CCC(c2ccc(C#N)cc2)CC1. The fourth-order valence-corrected chi connectivity index (χ4v) is 3.20. The monoisotopic (exact) mass is 285 g/mol. The molecule has 0 heterocycles. The van der Waals surface area contributed by atoms with Gasteiger partial charge < -0.3 is 4.74 Å². The Morgan fingerprint density at radius 3 is 2.43 bits per heavy atom. The summed E-state index contributed by atoms with van der Waals surface area (Å²) in [6.07, 6.45) is 8.82. The van der Waals surface area contributed by atoms with Crippen LogP contribution in [0.15, 0.2) is 24.3 Å². The molecule has 1 aromatic rings. The van der Waals surface area contributed by atoms with Gasteiger partial charge in [0.2, 0.25) is 0 Å². The molecule has 0 aliphatic heterocycles. The number of nitrogens with zero attached hydrogens (tertiary/aromatic N) is 1. The molecule has 114 valence electrons. The van der Waals surface area contributed by atoms with Crippen LogP contribution in [0.2, 0.25) is 0 Å². The number of nitriles is 1. The van der Waals surface area contributed by atoms with E-state index in [9.17, 15) is 0 Å². The second kappa shape index (κ2) is 8.85. The lowest BCUT2D eigenvalue weighted by molar-refractivity contribution is 0.0802. The average molecular weight is 285 g/mol. The van der Waals surface area contributed by atoms with Gasteiger partial charge in [0, 0.05) is 13.2 Å². The summed E-state index contributed by atoms with van der Waals surface area (Å²) >= 11 is 0. The third kappa shape index (κ3) is 5.17. The zero-order chi connectivity index (χ0) is 14.9. The van der Waals surface area contributed by atoms with Crippen LogP contribution in [0.3, 0.4) is 0 Å². The van der Waals surface area contributed by atoms with Gasteiger partial charge in [0.1, 0.15) is 0 Å². The fraction of sp³-hybridized carbons (Fsp3) is 0.632. The Morgan fingerprint density at radius 1 is 1.10 bits per heavy atom. The van der Waals surface area contributed by atoms with Crippen LogP contribution in [-0.2, 0) is 4.74 Å². The molecule has 0 aromatic heterocycles. The van der Waals surface area contributed by atoms with Gasteiger partial charge in [-0.15, -0.1) is 0 Å². The van der Waals surface area contributed by atoms with E-state index in [-0.39, 0.29) is 0 Å². The Kier molecular flexibility index (Phi) is 6.76. The van der Waals surface area contributed by atoms with Crippen LogP contribution in [0.25, 0.3) is 0 Å². The van der Waals surface area contributed by atoms with Crippen LogP contribution in [0.1, 0.15) is 68.9 Å². The standard InChI is InChI=1S/C19H27NO/c1-2-3-4-13-21-15-17-7-11-19(12-8-17)18-9-5-16(14-20)6-10-18/h5-6,9-10,17,19H,2-4,7-8,11-13,15H2,1H3. The first-order valence-corrected chi connectivity index (χ1v) is 8.41. The average Bonchev–Trinajstić information content (AvgIpc) is 2.55. The first-order chi connectivity index (χ1) is 10.3. The van der Waals surface area contributed by atoms with Gasteiger partial charge in [-0.05, 0) is 61.6 Å². The summed E-state index contributed by atoms with van der Waals surface area (Å²) in [5.41, 5.74) is 2.16. The minimum absolute atomic E-state index is 0.675. The molecule has 1 aliphatic carbocycles. The molecule has 2 heteroatoms. The molecule has 0 saturated heterocycles. The number of hydrogen-bond acceptors (Lipinski definition) is 2. The van der Waals surface area contributed by atoms with E-state index in [1.165, 1.54) is 50.5 Å². The van der Waals surface area contributed by atoms with Crippen molar-refractivity contribution in [3.8, 4) is 6.07 Å². The van der Waals surface area contributed by atoms with E-state index in [0.29, 0.717) is 5.92 Å². The van der Waals surface area contributed by atoms with Crippen LogP contribution >= 0.6 is 0 Å². The quantitative estimate of drug-likeness (QED) is 0.658. The van der Waals surface area contributed by atoms with Crippen molar-refractivity contribution in [2.24, 2.45) is 5.92 Å². The lowest BCUT2D eigenvalue weighted by Gasteiger charge is -2.28. The maximum atomic E-state index is 8.85. The fourth-order valence-electron chi connectivity index (χ4n) is 3.20. The van der Waals surface area contributed by atoms with E-state index in [2.05, 4.69) is 25.1 Å². The van der Waals surface area contributed by atoms with Crippen molar-refractivity contribution in [1.82, 2.24) is 0 Å². The minimum atomic E-state index is 0.675. The zero-order valence-corrected chi connectivity index (χ0v) is 13.2. The molecule has 2 nitrogen and oxygen atoms in total. The molecule has 1 saturated carbocycles. The summed E-state index contributed by atoms with van der Waals surface area (Å²) < 4.78 is 5.81. The molecule has 2 rings (SSSR count). The van der Waals surface area contributed by atoms with Gasteiger partial charge in [0.25, 0.3) is 0 Å². The third-order valence-corrected chi connectivity index (χ3v) is 4.60. The van der Waals surface area contributed by atoms with Gasteiger partial charge in [0.05, 0.1) is 11.6 Å². The van der Waals surface area contributed by atoms with Crippen LogP contribution in [0.4, 0.5) is 0 Å². The highest BCUT2D eigenvalue weighted by atomic mass is 16.5. The number of benzene rings is 1. The maximum Gasteiger partial charge on any atom is 0.0991 e. The van der Waals surface area contributed by atoms with E-state index in [4.69, 9.17) is 10.00 Å². The molecule has 0 spiro atoms. The third-order valence-electron chi connectivity index (χ3n) is 4.60. The summed E-state index contributed by atoms with van der Waals surface area (Å²) in [5, 5.41) is 8.85. The molecule has 0 unspecified atom stereocenters. The minimum Gasteiger partial charge on any atom is -0.381 e. The van der Waals surface area contributed by atoms with E-state index in [0.717, 1.165) is 24.7 Å². The lowest BCUT2D eigenvalue weighted by atomic mass is 9.79. The molecule has 0 bridgehead atoms.